The fourth-order valence-electron chi connectivity index (χ4n) is 1.58. The predicted octanol–water partition coefficient (Wildman–Crippen LogP) is 0.214. The summed E-state index contributed by atoms with van der Waals surface area (Å²) in [6, 6.07) is 4.47. The van der Waals surface area contributed by atoms with E-state index in [2.05, 4.69) is 20.2 Å². The van der Waals surface area contributed by atoms with E-state index in [-0.39, 0.29) is 4.90 Å². The number of anilines is 2. The van der Waals surface area contributed by atoms with Crippen LogP contribution < -0.4 is 15.8 Å². The van der Waals surface area contributed by atoms with Crippen LogP contribution in [0.15, 0.2) is 33.9 Å². The highest BCUT2D eigenvalue weighted by atomic mass is 32.2. The molecule has 0 unspecified atom stereocenters. The molecule has 1 aromatic carbocycles. The molecular weight excluding hydrogens is 282 g/mol. The van der Waals surface area contributed by atoms with Gasteiger partial charge in [0.15, 0.2) is 6.33 Å². The molecule has 0 bridgehead atoms. The van der Waals surface area contributed by atoms with Crippen molar-refractivity contribution in [1.82, 2.24) is 14.9 Å². The van der Waals surface area contributed by atoms with Crippen molar-refractivity contribution in [3.05, 3.63) is 30.4 Å². The van der Waals surface area contributed by atoms with E-state index in [1.807, 2.05) is 0 Å². The highest BCUT2D eigenvalue weighted by Crippen LogP contribution is 2.22. The van der Waals surface area contributed by atoms with E-state index in [9.17, 15) is 8.42 Å². The molecule has 0 aliphatic heterocycles. The van der Waals surface area contributed by atoms with Crippen molar-refractivity contribution in [3.63, 3.8) is 0 Å². The number of nitrogens with one attached hydrogen (secondary N) is 2. The van der Waals surface area contributed by atoms with Gasteiger partial charge >= 0.3 is 0 Å². The molecule has 0 atom stereocenters. The van der Waals surface area contributed by atoms with Crippen LogP contribution in [-0.2, 0) is 16.4 Å². The lowest BCUT2D eigenvalue weighted by Gasteiger charge is -2.10. The summed E-state index contributed by atoms with van der Waals surface area (Å²) in [5.41, 5.74) is 6.81. The second kappa shape index (κ2) is 5.88. The summed E-state index contributed by atoms with van der Waals surface area (Å²) in [5, 5.41) is 6.54. The number of rotatable bonds is 6. The molecule has 8 nitrogen and oxygen atoms in total. The Balaban J connectivity index is 2.09. The number of hydrogen-bond acceptors (Lipinski definition) is 7. The molecule has 2 rings (SSSR count). The van der Waals surface area contributed by atoms with Gasteiger partial charge in [0.2, 0.25) is 15.9 Å². The molecule has 20 heavy (non-hydrogen) atoms. The number of nitrogens with zero attached hydrogens (tertiary/aromatic N) is 2. The monoisotopic (exact) mass is 297 g/mol. The molecule has 0 saturated carbocycles. The third-order valence-corrected chi connectivity index (χ3v) is 4.08. The lowest BCUT2D eigenvalue weighted by Crippen LogP contribution is -2.19. The molecule has 0 aliphatic rings. The zero-order valence-electron chi connectivity index (χ0n) is 10.8. The maximum absolute atomic E-state index is 11.7. The SMILES string of the molecule is CNS(=O)(=O)c1ccc(N)c(NCCc2ncno2)c1. The molecule has 0 aliphatic carbocycles. The number of sulfonamides is 1. The maximum atomic E-state index is 11.7. The minimum absolute atomic E-state index is 0.148. The van der Waals surface area contributed by atoms with Crippen molar-refractivity contribution in [2.24, 2.45) is 0 Å². The van der Waals surface area contributed by atoms with Crippen molar-refractivity contribution in [2.75, 3.05) is 24.6 Å². The van der Waals surface area contributed by atoms with E-state index in [4.69, 9.17) is 10.3 Å². The van der Waals surface area contributed by atoms with Crippen LogP contribution in [0.4, 0.5) is 11.4 Å². The van der Waals surface area contributed by atoms with Gasteiger partial charge in [0.1, 0.15) is 0 Å². The van der Waals surface area contributed by atoms with Crippen LogP contribution in [0.2, 0.25) is 0 Å². The molecule has 0 amide bonds. The topological polar surface area (TPSA) is 123 Å². The molecular formula is C11H15N5O3S. The van der Waals surface area contributed by atoms with E-state index in [0.717, 1.165) is 0 Å². The van der Waals surface area contributed by atoms with Crippen LogP contribution in [0.1, 0.15) is 5.89 Å². The van der Waals surface area contributed by atoms with Gasteiger partial charge in [-0.1, -0.05) is 5.16 Å². The Bertz CT molecular complexity index is 669. The van der Waals surface area contributed by atoms with Gasteiger partial charge in [-0.2, -0.15) is 4.98 Å². The average molecular weight is 297 g/mol. The van der Waals surface area contributed by atoms with Gasteiger partial charge in [-0.05, 0) is 25.2 Å². The molecule has 2 aromatic rings. The van der Waals surface area contributed by atoms with Gasteiger partial charge in [0, 0.05) is 13.0 Å². The Morgan fingerprint density at radius 1 is 1.40 bits per heavy atom. The zero-order valence-corrected chi connectivity index (χ0v) is 11.6. The fourth-order valence-corrected chi connectivity index (χ4v) is 2.34. The third-order valence-electron chi connectivity index (χ3n) is 2.67. The van der Waals surface area contributed by atoms with Crippen molar-refractivity contribution < 1.29 is 12.9 Å². The summed E-state index contributed by atoms with van der Waals surface area (Å²) in [6.45, 7) is 0.495. The lowest BCUT2D eigenvalue weighted by atomic mass is 10.2. The number of hydrogen-bond donors (Lipinski definition) is 3. The lowest BCUT2D eigenvalue weighted by molar-refractivity contribution is 0.380. The van der Waals surface area contributed by atoms with Gasteiger partial charge in [-0.25, -0.2) is 13.1 Å². The van der Waals surface area contributed by atoms with Crippen molar-refractivity contribution in [2.45, 2.75) is 11.3 Å². The quantitative estimate of drug-likeness (QED) is 0.651. The van der Waals surface area contributed by atoms with Gasteiger partial charge < -0.3 is 15.6 Å². The van der Waals surface area contributed by atoms with Crippen molar-refractivity contribution in [3.8, 4) is 0 Å². The van der Waals surface area contributed by atoms with Crippen molar-refractivity contribution in [1.29, 1.82) is 0 Å². The van der Waals surface area contributed by atoms with Crippen LogP contribution in [0.25, 0.3) is 0 Å². The third kappa shape index (κ3) is 3.25. The smallest absolute Gasteiger partial charge is 0.240 e. The Hall–Kier alpha value is -2.13. The number of aromatic nitrogens is 2. The van der Waals surface area contributed by atoms with Crippen molar-refractivity contribution >= 4 is 21.4 Å². The molecule has 1 aromatic heterocycles. The van der Waals surface area contributed by atoms with E-state index in [0.29, 0.717) is 30.2 Å². The summed E-state index contributed by atoms with van der Waals surface area (Å²) in [7, 11) is -2.14. The summed E-state index contributed by atoms with van der Waals surface area (Å²) < 4.78 is 30.5. The molecule has 9 heteroatoms. The molecule has 0 fully saturated rings. The van der Waals surface area contributed by atoms with Crippen LogP contribution in [0.3, 0.4) is 0 Å². The highest BCUT2D eigenvalue weighted by Gasteiger charge is 2.13. The van der Waals surface area contributed by atoms with Crippen LogP contribution in [0.5, 0.6) is 0 Å². The minimum Gasteiger partial charge on any atom is -0.397 e. The Labute approximate surface area is 116 Å². The summed E-state index contributed by atoms with van der Waals surface area (Å²) in [6.07, 6.45) is 1.84. The molecule has 4 N–H and O–H groups in total. The number of nitrogens with two attached hydrogens (primary N) is 1. The Morgan fingerprint density at radius 2 is 2.20 bits per heavy atom. The minimum atomic E-state index is -3.49. The maximum Gasteiger partial charge on any atom is 0.240 e. The number of benzene rings is 1. The van der Waals surface area contributed by atoms with Gasteiger partial charge in [0.05, 0.1) is 16.3 Å². The average Bonchev–Trinajstić information content (AvgIpc) is 2.94. The molecule has 0 spiro atoms. The second-order valence-electron chi connectivity index (χ2n) is 3.97. The Morgan fingerprint density at radius 3 is 2.85 bits per heavy atom. The molecule has 0 saturated heterocycles. The number of nitrogen functional groups attached to an aromatic ring is 1. The molecule has 108 valence electrons. The summed E-state index contributed by atoms with van der Waals surface area (Å²) in [4.78, 5) is 4.03. The predicted molar refractivity (Wildman–Crippen MR) is 73.6 cm³/mol. The summed E-state index contributed by atoms with van der Waals surface area (Å²) in [5.74, 6) is 0.495. The standard InChI is InChI=1S/C11H15N5O3S/c1-13-20(17,18)8-2-3-9(12)10(6-8)14-5-4-11-15-7-16-19-11/h2-3,6-7,13-14H,4-5,12H2,1H3. The van der Waals surface area contributed by atoms with E-state index >= 15 is 0 Å². The Kier molecular flexibility index (Phi) is 4.20. The first-order valence-electron chi connectivity index (χ1n) is 5.85. The van der Waals surface area contributed by atoms with E-state index < -0.39 is 10.0 Å². The molecule has 1 heterocycles. The first-order chi connectivity index (χ1) is 9.53. The van der Waals surface area contributed by atoms with Gasteiger partial charge in [-0.3, -0.25) is 0 Å². The fraction of sp³-hybridized carbons (Fsp3) is 0.273. The van der Waals surface area contributed by atoms with E-state index in [1.165, 1.54) is 25.5 Å². The second-order valence-corrected chi connectivity index (χ2v) is 5.85. The van der Waals surface area contributed by atoms with Crippen LogP contribution in [-0.4, -0.2) is 32.2 Å². The zero-order chi connectivity index (χ0) is 14.6. The van der Waals surface area contributed by atoms with Crippen LogP contribution >= 0.6 is 0 Å². The first kappa shape index (κ1) is 14.3. The van der Waals surface area contributed by atoms with Gasteiger partial charge in [-0.15, -0.1) is 0 Å². The van der Waals surface area contributed by atoms with Crippen LogP contribution in [0, 0.1) is 0 Å². The van der Waals surface area contributed by atoms with E-state index in [1.54, 1.807) is 6.07 Å². The first-order valence-corrected chi connectivity index (χ1v) is 7.34. The molecule has 0 radical (unpaired) electrons. The highest BCUT2D eigenvalue weighted by molar-refractivity contribution is 7.89. The largest absolute Gasteiger partial charge is 0.397 e. The van der Waals surface area contributed by atoms with Gasteiger partial charge in [0.25, 0.3) is 0 Å². The summed E-state index contributed by atoms with van der Waals surface area (Å²) >= 11 is 0. The normalized spacial score (nSPS) is 11.4.